The fraction of sp³-hybridized carbons (Fsp3) is 0. The van der Waals surface area contributed by atoms with Gasteiger partial charge in [-0.1, -0.05) is 12.1 Å². The number of H-pyrrole nitrogens is 2. The van der Waals surface area contributed by atoms with Gasteiger partial charge in [0.1, 0.15) is 0 Å². The van der Waals surface area contributed by atoms with Crippen molar-refractivity contribution in [3.05, 3.63) is 95.1 Å². The van der Waals surface area contributed by atoms with Gasteiger partial charge in [-0.05, 0) is 84.5 Å². The van der Waals surface area contributed by atoms with Crippen LogP contribution in [0.25, 0.3) is 57.5 Å². The maximum atomic E-state index is 11.2. The Bertz CT molecular complexity index is 1740. The zero-order valence-electron chi connectivity index (χ0n) is 18.7. The second-order valence-corrected chi connectivity index (χ2v) is 8.40. The molecular formula is C28H18N4O3Ru. The molecule has 0 radical (unpaired) electrons. The number of carbonyl (C=O) groups is 1. The van der Waals surface area contributed by atoms with Gasteiger partial charge in [0, 0.05) is 27.6 Å². The molecule has 0 fully saturated rings. The van der Waals surface area contributed by atoms with Gasteiger partial charge in [-0.3, -0.25) is 0 Å². The number of hydrogen-bond acceptors (Lipinski definition) is 4. The predicted octanol–water partition coefficient (Wildman–Crippen LogP) is 5.62. The predicted molar refractivity (Wildman–Crippen MR) is 137 cm³/mol. The summed E-state index contributed by atoms with van der Waals surface area (Å²) in [4.78, 5) is 36.2. The quantitative estimate of drug-likeness (QED) is 0.239. The van der Waals surface area contributed by atoms with Crippen LogP contribution >= 0.6 is 0 Å². The third kappa shape index (κ3) is 5.10. The second-order valence-electron chi connectivity index (χ2n) is 8.04. The summed E-state index contributed by atoms with van der Waals surface area (Å²) in [7, 11) is 0. The molecular weight excluding hydrogens is 541 g/mol. The van der Waals surface area contributed by atoms with Crippen molar-refractivity contribution >= 4 is 56.8 Å². The molecule has 0 unspecified atom stereocenters. The number of carboxylic acids is 1. The summed E-state index contributed by atoms with van der Waals surface area (Å²) in [6, 6.07) is 21.0. The van der Waals surface area contributed by atoms with E-state index in [-0.39, 0.29) is 5.56 Å². The van der Waals surface area contributed by atoms with Crippen LogP contribution in [0.2, 0.25) is 0 Å². The average molecular weight is 560 g/mol. The van der Waals surface area contributed by atoms with Crippen LogP contribution in [0, 0.1) is 0 Å². The third-order valence-corrected chi connectivity index (χ3v) is 5.61. The van der Waals surface area contributed by atoms with E-state index in [1.165, 1.54) is 4.47 Å². The van der Waals surface area contributed by atoms with Crippen molar-refractivity contribution in [3.8, 4) is 11.1 Å². The van der Waals surface area contributed by atoms with E-state index in [0.29, 0.717) is 0 Å². The molecule has 3 N–H and O–H groups in total. The molecule has 8 bridgehead atoms. The SMILES string of the molecule is O=C(O)c1ccc(-c2cc3cc4nc(cc5ccc(cc6nc(cc2[nH]3)C=C6)[nH]5)C=C4)cc1.O=[C]=[Ru]. The topological polar surface area (TPSA) is 112 Å². The fourth-order valence-electron chi connectivity index (χ4n) is 4.05. The number of rotatable bonds is 2. The van der Waals surface area contributed by atoms with Crippen molar-refractivity contribution in [2.75, 3.05) is 0 Å². The molecule has 8 heteroatoms. The van der Waals surface area contributed by atoms with Crippen LogP contribution < -0.4 is 0 Å². The Morgan fingerprint density at radius 3 is 1.75 bits per heavy atom. The van der Waals surface area contributed by atoms with Crippen molar-refractivity contribution in [3.63, 3.8) is 0 Å². The van der Waals surface area contributed by atoms with Gasteiger partial charge in [-0.15, -0.1) is 0 Å². The molecule has 0 saturated heterocycles. The molecule has 36 heavy (non-hydrogen) atoms. The van der Waals surface area contributed by atoms with Gasteiger partial charge >= 0.3 is 33.1 Å². The maximum absolute atomic E-state index is 11.2. The van der Waals surface area contributed by atoms with Crippen LogP contribution in [0.1, 0.15) is 33.1 Å². The molecule has 0 atom stereocenters. The van der Waals surface area contributed by atoms with Crippen molar-refractivity contribution < 1.29 is 32.5 Å². The number of hydrogen-bond donors (Lipinski definition) is 3. The number of nitrogens with zero attached hydrogens (tertiary/aromatic N) is 2. The van der Waals surface area contributed by atoms with Crippen LogP contribution in [0.4, 0.5) is 0 Å². The summed E-state index contributed by atoms with van der Waals surface area (Å²) >= 11 is 1.70. The molecule has 4 aromatic rings. The summed E-state index contributed by atoms with van der Waals surface area (Å²) in [5.74, 6) is -0.942. The van der Waals surface area contributed by atoms with Gasteiger partial charge in [0.2, 0.25) is 0 Å². The van der Waals surface area contributed by atoms with E-state index < -0.39 is 5.97 Å². The van der Waals surface area contributed by atoms with Gasteiger partial charge in [-0.25, -0.2) is 14.8 Å². The van der Waals surface area contributed by atoms with Gasteiger partial charge in [0.15, 0.2) is 0 Å². The van der Waals surface area contributed by atoms with Crippen LogP contribution in [0.5, 0.6) is 0 Å². The summed E-state index contributed by atoms with van der Waals surface area (Å²) in [5, 5.41) is 9.23. The summed E-state index contributed by atoms with van der Waals surface area (Å²) in [6.45, 7) is 0. The number of aromatic nitrogens is 4. The Hall–Kier alpha value is -4.51. The van der Waals surface area contributed by atoms with E-state index in [4.69, 9.17) is 14.8 Å². The average Bonchev–Trinajstić information content (AvgIpc) is 3.65. The fourth-order valence-corrected chi connectivity index (χ4v) is 4.05. The molecule has 0 aliphatic carbocycles. The second kappa shape index (κ2) is 10.0. The minimum absolute atomic E-state index is 0.257. The molecule has 2 aliphatic heterocycles. The first-order chi connectivity index (χ1) is 17.5. The van der Waals surface area contributed by atoms with Gasteiger partial charge in [-0.2, -0.15) is 0 Å². The first-order valence-electron chi connectivity index (χ1n) is 10.9. The van der Waals surface area contributed by atoms with E-state index >= 15 is 0 Å². The van der Waals surface area contributed by atoms with Gasteiger partial charge in [0.25, 0.3) is 0 Å². The van der Waals surface area contributed by atoms with Crippen molar-refractivity contribution in [2.24, 2.45) is 0 Å². The zero-order valence-corrected chi connectivity index (χ0v) is 20.4. The van der Waals surface area contributed by atoms with Crippen LogP contribution in [0.15, 0.2) is 66.7 Å². The van der Waals surface area contributed by atoms with Crippen LogP contribution in [0.3, 0.4) is 0 Å². The number of benzene rings is 1. The number of fused-ring (bicyclic) bond motifs is 8. The van der Waals surface area contributed by atoms with Crippen molar-refractivity contribution in [1.82, 2.24) is 19.9 Å². The number of nitrogens with one attached hydrogen (secondary N) is 2. The minimum atomic E-state index is -0.942. The van der Waals surface area contributed by atoms with Crippen LogP contribution in [-0.4, -0.2) is 35.5 Å². The number of carbonyl (C=O) groups excluding carboxylic acids is 1. The molecule has 0 saturated carbocycles. The van der Waals surface area contributed by atoms with E-state index in [0.717, 1.165) is 56.0 Å². The number of carboxylic acid groups (broad SMARTS) is 1. The zero-order chi connectivity index (χ0) is 25.1. The molecule has 5 heterocycles. The molecule has 3 aromatic heterocycles. The van der Waals surface area contributed by atoms with E-state index in [2.05, 4.69) is 9.97 Å². The number of aromatic carboxylic acids is 1. The van der Waals surface area contributed by atoms with Gasteiger partial charge in [0.05, 0.1) is 28.3 Å². The molecule has 0 amide bonds. The molecule has 0 spiro atoms. The van der Waals surface area contributed by atoms with E-state index in [1.54, 1.807) is 30.0 Å². The normalized spacial score (nSPS) is 11.5. The molecule has 176 valence electrons. The summed E-state index contributed by atoms with van der Waals surface area (Å²) < 4.78 is 1.43. The Balaban J connectivity index is 0.000000848. The van der Waals surface area contributed by atoms with E-state index in [1.807, 2.05) is 78.9 Å². The van der Waals surface area contributed by atoms with Crippen molar-refractivity contribution in [2.45, 2.75) is 0 Å². The van der Waals surface area contributed by atoms with Crippen molar-refractivity contribution in [1.29, 1.82) is 0 Å². The summed E-state index contributed by atoms with van der Waals surface area (Å²) in [5.41, 5.74) is 9.29. The molecule has 1 aromatic carbocycles. The Morgan fingerprint density at radius 1 is 0.722 bits per heavy atom. The van der Waals surface area contributed by atoms with E-state index in [9.17, 15) is 9.90 Å². The summed E-state index contributed by atoms with van der Waals surface area (Å²) in [6.07, 6.45) is 7.93. The first-order valence-corrected chi connectivity index (χ1v) is 11.8. The Morgan fingerprint density at radius 2 is 1.22 bits per heavy atom. The molecule has 2 aliphatic rings. The molecule has 6 rings (SSSR count). The van der Waals surface area contributed by atoms with Crippen LogP contribution in [-0.2, 0) is 22.6 Å². The molecule has 7 nitrogen and oxygen atoms in total. The number of aromatic amines is 2. The third-order valence-electron chi connectivity index (χ3n) is 5.61. The Labute approximate surface area is 215 Å². The van der Waals surface area contributed by atoms with Gasteiger partial charge < -0.3 is 15.1 Å². The monoisotopic (exact) mass is 560 g/mol. The first kappa shape index (κ1) is 23.2. The standard InChI is InChI=1S/C27H18N4O2.CO.Ru/c32-27(33)17-3-1-16(2-4-17)25-14-24-13-22-8-7-20(29-22)11-18-5-6-19(28-18)12-21-9-10-23(30-21)15-26(25)31-24;1-2;/h1-15,28,31H,(H,32,33);;. The Kier molecular flexibility index (Phi) is 6.46.